The van der Waals surface area contributed by atoms with Gasteiger partial charge in [-0.3, -0.25) is 4.98 Å². The summed E-state index contributed by atoms with van der Waals surface area (Å²) in [6.45, 7) is 0. The fraction of sp³-hybridized carbons (Fsp3) is 0.429. The van der Waals surface area contributed by atoms with E-state index in [1.165, 1.54) is 6.42 Å². The summed E-state index contributed by atoms with van der Waals surface area (Å²) < 4.78 is 10.8. The smallest absolute Gasteiger partial charge is 0.231 e. The van der Waals surface area contributed by atoms with Crippen molar-refractivity contribution < 1.29 is 9.26 Å². The maximum atomic E-state index is 5.88. The number of hydrogen-bond donors (Lipinski definition) is 1. The van der Waals surface area contributed by atoms with Crippen LogP contribution in [0.25, 0.3) is 11.3 Å². The van der Waals surface area contributed by atoms with Gasteiger partial charge in [0.05, 0.1) is 22.6 Å². The number of nitrogens with two attached hydrogens (primary N) is 1. The molecule has 0 amide bonds. The zero-order valence-corrected chi connectivity index (χ0v) is 10.9. The summed E-state index contributed by atoms with van der Waals surface area (Å²) in [7, 11) is 1.75. The Morgan fingerprint density at radius 2 is 2.26 bits per heavy atom. The number of anilines is 1. The minimum absolute atomic E-state index is 0.104. The Labute approximate surface area is 111 Å². The van der Waals surface area contributed by atoms with E-state index in [-0.39, 0.29) is 5.60 Å². The van der Waals surface area contributed by atoms with Gasteiger partial charge in [0.15, 0.2) is 0 Å². The topological polar surface area (TPSA) is 74.2 Å². The summed E-state index contributed by atoms with van der Waals surface area (Å²) in [4.78, 5) is 4.32. The average Bonchev–Trinajstić information content (AvgIpc) is 2.76. The van der Waals surface area contributed by atoms with Gasteiger partial charge < -0.3 is 15.0 Å². The predicted octanol–water partition coefficient (Wildman–Crippen LogP) is 2.43. The molecule has 1 aliphatic carbocycles. The molecule has 0 aliphatic heterocycles. The van der Waals surface area contributed by atoms with Crippen LogP contribution in [0.1, 0.15) is 25.0 Å². The van der Waals surface area contributed by atoms with E-state index in [1.807, 2.05) is 18.2 Å². The Morgan fingerprint density at radius 1 is 1.42 bits per heavy atom. The van der Waals surface area contributed by atoms with Crippen molar-refractivity contribution in [3.05, 3.63) is 30.1 Å². The van der Waals surface area contributed by atoms with E-state index in [2.05, 4.69) is 10.1 Å². The number of hydrogen-bond acceptors (Lipinski definition) is 5. The largest absolute Gasteiger partial charge is 0.378 e. The first kappa shape index (κ1) is 12.2. The van der Waals surface area contributed by atoms with Crippen molar-refractivity contribution in [3.8, 4) is 11.3 Å². The second kappa shape index (κ2) is 4.66. The molecule has 5 nitrogen and oxygen atoms in total. The SMILES string of the molecule is COC1(Cc2noc(N)c2-c2ccccn2)CCC1. The minimum atomic E-state index is -0.104. The lowest BCUT2D eigenvalue weighted by molar-refractivity contribution is -0.0717. The molecule has 100 valence electrons. The number of aromatic nitrogens is 2. The normalized spacial score (nSPS) is 17.1. The van der Waals surface area contributed by atoms with Crippen molar-refractivity contribution in [1.29, 1.82) is 0 Å². The third-order valence-corrected chi connectivity index (χ3v) is 3.90. The number of rotatable bonds is 4. The van der Waals surface area contributed by atoms with Crippen molar-refractivity contribution >= 4 is 5.88 Å². The van der Waals surface area contributed by atoms with Crippen LogP contribution < -0.4 is 5.73 Å². The molecule has 0 aromatic carbocycles. The highest BCUT2D eigenvalue weighted by Gasteiger charge is 2.39. The van der Waals surface area contributed by atoms with Crippen LogP contribution in [-0.2, 0) is 11.2 Å². The zero-order valence-electron chi connectivity index (χ0n) is 10.9. The van der Waals surface area contributed by atoms with Gasteiger partial charge in [-0.05, 0) is 31.4 Å². The first-order chi connectivity index (χ1) is 9.24. The predicted molar refractivity (Wildman–Crippen MR) is 71.4 cm³/mol. The maximum absolute atomic E-state index is 5.88. The lowest BCUT2D eigenvalue weighted by Crippen LogP contribution is -2.41. The lowest BCUT2D eigenvalue weighted by atomic mass is 9.76. The average molecular weight is 259 g/mol. The van der Waals surface area contributed by atoms with Crippen molar-refractivity contribution in [2.24, 2.45) is 0 Å². The Bertz CT molecular complexity index is 556. The molecule has 2 N–H and O–H groups in total. The quantitative estimate of drug-likeness (QED) is 0.912. The summed E-state index contributed by atoms with van der Waals surface area (Å²) in [6, 6.07) is 5.70. The van der Waals surface area contributed by atoms with Gasteiger partial charge in [-0.25, -0.2) is 0 Å². The Hall–Kier alpha value is -1.88. The summed E-state index contributed by atoms with van der Waals surface area (Å²) in [5, 5.41) is 4.09. The van der Waals surface area contributed by atoms with E-state index < -0.39 is 0 Å². The van der Waals surface area contributed by atoms with Gasteiger partial charge >= 0.3 is 0 Å². The van der Waals surface area contributed by atoms with Gasteiger partial charge in [0, 0.05) is 19.7 Å². The molecule has 0 unspecified atom stereocenters. The second-order valence-corrected chi connectivity index (χ2v) is 5.00. The molecule has 1 fully saturated rings. The molecule has 2 aromatic rings. The molecule has 0 saturated heterocycles. The lowest BCUT2D eigenvalue weighted by Gasteiger charge is -2.40. The summed E-state index contributed by atoms with van der Waals surface area (Å²) in [6.07, 6.45) is 5.76. The van der Waals surface area contributed by atoms with E-state index >= 15 is 0 Å². The van der Waals surface area contributed by atoms with Gasteiger partial charge in [-0.2, -0.15) is 0 Å². The Morgan fingerprint density at radius 3 is 2.84 bits per heavy atom. The third-order valence-electron chi connectivity index (χ3n) is 3.90. The number of nitrogens with zero attached hydrogens (tertiary/aromatic N) is 2. The fourth-order valence-electron chi connectivity index (χ4n) is 2.57. The van der Waals surface area contributed by atoms with Gasteiger partial charge in [0.1, 0.15) is 0 Å². The molecule has 0 bridgehead atoms. The van der Waals surface area contributed by atoms with E-state index in [0.29, 0.717) is 5.88 Å². The molecule has 0 radical (unpaired) electrons. The van der Waals surface area contributed by atoms with Crippen LogP contribution in [0.2, 0.25) is 0 Å². The van der Waals surface area contributed by atoms with E-state index in [9.17, 15) is 0 Å². The molecule has 5 heteroatoms. The van der Waals surface area contributed by atoms with Crippen molar-refractivity contribution in [1.82, 2.24) is 10.1 Å². The first-order valence-corrected chi connectivity index (χ1v) is 6.45. The van der Waals surface area contributed by atoms with Gasteiger partial charge in [0.2, 0.25) is 5.88 Å². The standard InChI is InChI=1S/C14H17N3O2/c1-18-14(6-4-7-14)9-11-12(13(15)19-17-11)10-5-2-3-8-16-10/h2-3,5,8H,4,6-7,9,15H2,1H3. The monoisotopic (exact) mass is 259 g/mol. The summed E-state index contributed by atoms with van der Waals surface area (Å²) in [5.74, 6) is 0.319. The van der Waals surface area contributed by atoms with Crippen molar-refractivity contribution in [2.75, 3.05) is 12.8 Å². The highest BCUT2D eigenvalue weighted by atomic mass is 16.5. The van der Waals surface area contributed by atoms with Crippen LogP contribution in [0.15, 0.2) is 28.9 Å². The van der Waals surface area contributed by atoms with Crippen LogP contribution in [0, 0.1) is 0 Å². The Kier molecular flexibility index (Phi) is 2.98. The fourth-order valence-corrected chi connectivity index (χ4v) is 2.57. The van der Waals surface area contributed by atoms with Crippen LogP contribution in [0.5, 0.6) is 0 Å². The molecular weight excluding hydrogens is 242 g/mol. The van der Waals surface area contributed by atoms with E-state index in [0.717, 1.165) is 36.2 Å². The summed E-state index contributed by atoms with van der Waals surface area (Å²) >= 11 is 0. The molecule has 0 spiro atoms. The molecule has 1 aliphatic rings. The molecule has 3 rings (SSSR count). The van der Waals surface area contributed by atoms with Crippen molar-refractivity contribution in [2.45, 2.75) is 31.3 Å². The van der Waals surface area contributed by atoms with Crippen LogP contribution in [0.4, 0.5) is 5.88 Å². The number of methoxy groups -OCH3 is 1. The molecule has 2 aromatic heterocycles. The molecule has 19 heavy (non-hydrogen) atoms. The van der Waals surface area contributed by atoms with E-state index in [4.69, 9.17) is 15.0 Å². The molecule has 0 atom stereocenters. The maximum Gasteiger partial charge on any atom is 0.231 e. The van der Waals surface area contributed by atoms with Gasteiger partial charge in [-0.1, -0.05) is 11.2 Å². The molecule has 1 saturated carbocycles. The number of ether oxygens (including phenoxy) is 1. The Balaban J connectivity index is 1.95. The van der Waals surface area contributed by atoms with Crippen LogP contribution in [-0.4, -0.2) is 22.9 Å². The van der Waals surface area contributed by atoms with Crippen LogP contribution >= 0.6 is 0 Å². The second-order valence-electron chi connectivity index (χ2n) is 5.00. The van der Waals surface area contributed by atoms with Gasteiger partial charge in [-0.15, -0.1) is 0 Å². The highest BCUT2D eigenvalue weighted by Crippen LogP contribution is 2.40. The number of pyridine rings is 1. The minimum Gasteiger partial charge on any atom is -0.378 e. The van der Waals surface area contributed by atoms with E-state index in [1.54, 1.807) is 13.3 Å². The van der Waals surface area contributed by atoms with Crippen LogP contribution in [0.3, 0.4) is 0 Å². The molecular formula is C14H17N3O2. The third kappa shape index (κ3) is 2.10. The number of nitrogen functional groups attached to an aromatic ring is 1. The first-order valence-electron chi connectivity index (χ1n) is 6.45. The van der Waals surface area contributed by atoms with Crippen molar-refractivity contribution in [3.63, 3.8) is 0 Å². The summed E-state index contributed by atoms with van der Waals surface area (Å²) in [5.41, 5.74) is 8.20. The molecule has 2 heterocycles. The highest BCUT2D eigenvalue weighted by molar-refractivity contribution is 5.72. The van der Waals surface area contributed by atoms with Gasteiger partial charge in [0.25, 0.3) is 0 Å². The zero-order chi connectivity index (χ0) is 13.3.